The molecule has 0 amide bonds. The first kappa shape index (κ1) is 15.1. The first-order chi connectivity index (χ1) is 8.47. The lowest BCUT2D eigenvalue weighted by Crippen LogP contribution is -2.32. The van der Waals surface area contributed by atoms with E-state index in [-0.39, 0.29) is 22.6 Å². The molecule has 0 bridgehead atoms. The zero-order valence-corrected chi connectivity index (χ0v) is 12.0. The van der Waals surface area contributed by atoms with Crippen molar-refractivity contribution in [2.24, 2.45) is 0 Å². The molecule has 0 saturated heterocycles. The number of hydrogen-bond donors (Lipinski definition) is 0. The molecular weight excluding hydrogens is 302 g/mol. The van der Waals surface area contributed by atoms with E-state index in [0.29, 0.717) is 13.0 Å². The fraction of sp³-hybridized carbons (Fsp3) is 0.462. The average molecular weight is 317 g/mol. The lowest BCUT2D eigenvalue weighted by Gasteiger charge is -2.26. The summed E-state index contributed by atoms with van der Waals surface area (Å²) >= 11 is 3.05. The van der Waals surface area contributed by atoms with Gasteiger partial charge >= 0.3 is 0 Å². The smallest absolute Gasteiger partial charge is 0.144 e. The van der Waals surface area contributed by atoms with Gasteiger partial charge in [-0.3, -0.25) is 4.90 Å². The zero-order valence-electron chi connectivity index (χ0n) is 10.4. The van der Waals surface area contributed by atoms with Crippen molar-refractivity contribution < 1.29 is 8.78 Å². The first-order valence-electron chi connectivity index (χ1n) is 5.70. The molecule has 18 heavy (non-hydrogen) atoms. The van der Waals surface area contributed by atoms with Crippen LogP contribution in [0.15, 0.2) is 16.6 Å². The number of nitriles is 1. The molecule has 5 heteroatoms. The molecule has 0 saturated carbocycles. The van der Waals surface area contributed by atoms with Crippen molar-refractivity contribution in [3.63, 3.8) is 0 Å². The Morgan fingerprint density at radius 3 is 2.61 bits per heavy atom. The number of hydrogen-bond acceptors (Lipinski definition) is 2. The van der Waals surface area contributed by atoms with Gasteiger partial charge in [0.2, 0.25) is 0 Å². The third-order valence-electron chi connectivity index (χ3n) is 2.74. The van der Waals surface area contributed by atoms with Gasteiger partial charge in [0, 0.05) is 31.1 Å². The van der Waals surface area contributed by atoms with E-state index in [1.54, 1.807) is 0 Å². The van der Waals surface area contributed by atoms with Crippen LogP contribution in [0.25, 0.3) is 0 Å². The summed E-state index contributed by atoms with van der Waals surface area (Å²) in [6, 6.07) is 4.75. The molecule has 0 aliphatic rings. The van der Waals surface area contributed by atoms with Gasteiger partial charge in [-0.2, -0.15) is 5.26 Å². The van der Waals surface area contributed by atoms with Crippen molar-refractivity contribution in [2.45, 2.75) is 32.9 Å². The van der Waals surface area contributed by atoms with E-state index in [1.165, 1.54) is 12.1 Å². The molecule has 0 radical (unpaired) electrons. The van der Waals surface area contributed by atoms with Gasteiger partial charge in [0.1, 0.15) is 11.6 Å². The van der Waals surface area contributed by atoms with Crippen LogP contribution in [0.5, 0.6) is 0 Å². The fourth-order valence-electron chi connectivity index (χ4n) is 1.63. The molecule has 2 nitrogen and oxygen atoms in total. The monoisotopic (exact) mass is 316 g/mol. The van der Waals surface area contributed by atoms with Crippen LogP contribution in [-0.4, -0.2) is 17.5 Å². The number of nitrogens with zero attached hydrogens (tertiary/aromatic N) is 2. The van der Waals surface area contributed by atoms with Gasteiger partial charge in [0.15, 0.2) is 0 Å². The molecule has 0 spiro atoms. The second kappa shape index (κ2) is 6.81. The predicted octanol–water partition coefficient (Wildman–Crippen LogP) is 3.85. The van der Waals surface area contributed by atoms with Crippen LogP contribution in [0.4, 0.5) is 8.78 Å². The maximum absolute atomic E-state index is 13.8. The third kappa shape index (κ3) is 3.76. The summed E-state index contributed by atoms with van der Waals surface area (Å²) in [5.41, 5.74) is 0.0380. The summed E-state index contributed by atoms with van der Waals surface area (Å²) < 4.78 is 27.7. The molecule has 1 aromatic carbocycles. The summed E-state index contributed by atoms with van der Waals surface area (Å²) in [5.74, 6) is -1.13. The Bertz CT molecular complexity index is 455. The van der Waals surface area contributed by atoms with Crippen LogP contribution >= 0.6 is 15.9 Å². The van der Waals surface area contributed by atoms with Crippen molar-refractivity contribution in [3.8, 4) is 6.07 Å². The topological polar surface area (TPSA) is 27.0 Å². The van der Waals surface area contributed by atoms with Crippen LogP contribution < -0.4 is 0 Å². The van der Waals surface area contributed by atoms with Crippen LogP contribution in [-0.2, 0) is 6.54 Å². The van der Waals surface area contributed by atoms with Crippen LogP contribution in [0.2, 0.25) is 0 Å². The minimum atomic E-state index is -0.572. The van der Waals surface area contributed by atoms with Gasteiger partial charge in [-0.1, -0.05) is 0 Å². The van der Waals surface area contributed by atoms with E-state index in [9.17, 15) is 8.78 Å². The maximum Gasteiger partial charge on any atom is 0.144 e. The summed E-state index contributed by atoms with van der Waals surface area (Å²) in [6.07, 6.45) is 0.343. The zero-order chi connectivity index (χ0) is 13.7. The summed E-state index contributed by atoms with van der Waals surface area (Å²) in [7, 11) is 0. The lowest BCUT2D eigenvalue weighted by molar-refractivity contribution is 0.212. The van der Waals surface area contributed by atoms with Gasteiger partial charge in [-0.25, -0.2) is 8.78 Å². The third-order valence-corrected chi connectivity index (χ3v) is 3.35. The first-order valence-corrected chi connectivity index (χ1v) is 6.50. The summed E-state index contributed by atoms with van der Waals surface area (Å²) in [4.78, 5) is 1.87. The largest absolute Gasteiger partial charge is 0.295 e. The highest BCUT2D eigenvalue weighted by Crippen LogP contribution is 2.23. The minimum Gasteiger partial charge on any atom is -0.295 e. The average Bonchev–Trinajstić information content (AvgIpc) is 2.33. The fourth-order valence-corrected chi connectivity index (χ4v) is 2.00. The van der Waals surface area contributed by atoms with E-state index in [0.717, 1.165) is 0 Å². The molecule has 0 aliphatic heterocycles. The number of halogens is 3. The van der Waals surface area contributed by atoms with Crippen molar-refractivity contribution in [1.29, 1.82) is 5.26 Å². The van der Waals surface area contributed by atoms with Gasteiger partial charge in [0.25, 0.3) is 0 Å². The highest BCUT2D eigenvalue weighted by atomic mass is 79.9. The number of rotatable bonds is 5. The van der Waals surface area contributed by atoms with Gasteiger partial charge in [-0.15, -0.1) is 0 Å². The van der Waals surface area contributed by atoms with Crippen molar-refractivity contribution >= 4 is 15.9 Å². The Morgan fingerprint density at radius 2 is 2.06 bits per heavy atom. The van der Waals surface area contributed by atoms with Crippen molar-refractivity contribution in [3.05, 3.63) is 33.8 Å². The van der Waals surface area contributed by atoms with Crippen molar-refractivity contribution in [1.82, 2.24) is 4.90 Å². The maximum atomic E-state index is 13.8. The normalized spacial score (nSPS) is 11.0. The van der Waals surface area contributed by atoms with Gasteiger partial charge in [0.05, 0.1) is 10.5 Å². The highest BCUT2D eigenvalue weighted by Gasteiger charge is 2.17. The second-order valence-electron chi connectivity index (χ2n) is 4.29. The molecule has 0 atom stereocenters. The standard InChI is InChI=1S/C13H15BrF2N2/c1-9(2)18(7-3-6-17)8-10-12(15)5-4-11(14)13(10)16/h4-5,9H,3,7-8H2,1-2H3. The second-order valence-corrected chi connectivity index (χ2v) is 5.15. The predicted molar refractivity (Wildman–Crippen MR) is 69.8 cm³/mol. The summed E-state index contributed by atoms with van der Waals surface area (Å²) in [5, 5.41) is 8.58. The van der Waals surface area contributed by atoms with E-state index < -0.39 is 11.6 Å². The van der Waals surface area contributed by atoms with E-state index in [2.05, 4.69) is 15.9 Å². The van der Waals surface area contributed by atoms with Crippen LogP contribution in [0.3, 0.4) is 0 Å². The minimum absolute atomic E-state index is 0.0380. The molecule has 1 rings (SSSR count). The van der Waals surface area contributed by atoms with Gasteiger partial charge < -0.3 is 0 Å². The molecule has 0 aliphatic carbocycles. The Labute approximate surface area is 114 Å². The quantitative estimate of drug-likeness (QED) is 0.771. The van der Waals surface area contributed by atoms with E-state index >= 15 is 0 Å². The van der Waals surface area contributed by atoms with E-state index in [4.69, 9.17) is 5.26 Å². The molecule has 98 valence electrons. The highest BCUT2D eigenvalue weighted by molar-refractivity contribution is 9.10. The Morgan fingerprint density at radius 1 is 1.39 bits per heavy atom. The Hall–Kier alpha value is -0.990. The van der Waals surface area contributed by atoms with Crippen molar-refractivity contribution in [2.75, 3.05) is 6.54 Å². The van der Waals surface area contributed by atoms with Crippen LogP contribution in [0, 0.1) is 23.0 Å². The Kier molecular flexibility index (Phi) is 5.70. The molecule has 1 aromatic rings. The lowest BCUT2D eigenvalue weighted by atomic mass is 10.1. The molecule has 0 unspecified atom stereocenters. The molecule has 0 N–H and O–H groups in total. The van der Waals surface area contributed by atoms with Gasteiger partial charge in [-0.05, 0) is 41.9 Å². The Balaban J connectivity index is 2.94. The molecular formula is C13H15BrF2N2. The SMILES string of the molecule is CC(C)N(CCC#N)Cc1c(F)ccc(Br)c1F. The van der Waals surface area contributed by atoms with E-state index in [1.807, 2.05) is 24.8 Å². The molecule has 0 heterocycles. The summed E-state index contributed by atoms with van der Waals surface area (Å²) in [6.45, 7) is 4.53. The number of benzene rings is 1. The molecule has 0 fully saturated rings. The van der Waals surface area contributed by atoms with Crippen LogP contribution in [0.1, 0.15) is 25.8 Å². The molecule has 0 aromatic heterocycles.